The fraction of sp³-hybridized carbons (Fsp3) is 0.727. The molecule has 0 N–H and O–H groups in total. The van der Waals surface area contributed by atoms with E-state index in [2.05, 4.69) is 19.9 Å². The molecule has 0 aromatic rings. The molecule has 1 atom stereocenters. The van der Waals surface area contributed by atoms with Gasteiger partial charge in [0.1, 0.15) is 0 Å². The van der Waals surface area contributed by atoms with Crippen LogP contribution < -0.4 is 0 Å². The second-order valence-corrected chi connectivity index (χ2v) is 4.73. The summed E-state index contributed by atoms with van der Waals surface area (Å²) in [4.78, 5) is 11.4. The maximum absolute atomic E-state index is 11.4. The minimum absolute atomic E-state index is 0.126. The lowest BCUT2D eigenvalue weighted by atomic mass is 9.71. The standard InChI is InChI=1S/C11H18O2/c1-10(2)5-7-11(3,8-6-10)9(12)13-4/h5,7H,6,8H2,1-4H3. The lowest BCUT2D eigenvalue weighted by molar-refractivity contribution is -0.149. The Bertz CT molecular complexity index is 240. The molecule has 1 rings (SSSR count). The SMILES string of the molecule is COC(=O)C1(C)C=CC(C)(C)CC1. The highest BCUT2D eigenvalue weighted by molar-refractivity contribution is 5.78. The number of carbonyl (C=O) groups is 1. The Kier molecular flexibility index (Phi) is 2.51. The molecule has 13 heavy (non-hydrogen) atoms. The van der Waals surface area contributed by atoms with Crippen molar-refractivity contribution in [3.8, 4) is 0 Å². The summed E-state index contributed by atoms with van der Waals surface area (Å²) >= 11 is 0. The summed E-state index contributed by atoms with van der Waals surface area (Å²) < 4.78 is 4.77. The normalized spacial score (nSPS) is 31.4. The maximum Gasteiger partial charge on any atom is 0.315 e. The largest absolute Gasteiger partial charge is 0.468 e. The molecule has 0 heterocycles. The Morgan fingerprint density at radius 3 is 2.23 bits per heavy atom. The molecule has 0 amide bonds. The van der Waals surface area contributed by atoms with E-state index in [1.54, 1.807) is 0 Å². The third-order valence-electron chi connectivity index (χ3n) is 2.84. The van der Waals surface area contributed by atoms with Gasteiger partial charge in [0.25, 0.3) is 0 Å². The van der Waals surface area contributed by atoms with Crippen LogP contribution in [0.2, 0.25) is 0 Å². The number of ether oxygens (including phenoxy) is 1. The molecule has 0 aliphatic heterocycles. The summed E-state index contributed by atoms with van der Waals surface area (Å²) in [6.07, 6.45) is 6.02. The van der Waals surface area contributed by atoms with Crippen LogP contribution >= 0.6 is 0 Å². The monoisotopic (exact) mass is 182 g/mol. The number of carbonyl (C=O) groups excluding carboxylic acids is 1. The van der Waals surface area contributed by atoms with Crippen molar-refractivity contribution in [2.45, 2.75) is 33.6 Å². The number of allylic oxidation sites excluding steroid dienone is 1. The van der Waals surface area contributed by atoms with Crippen LogP contribution in [0.5, 0.6) is 0 Å². The Morgan fingerprint density at radius 2 is 1.85 bits per heavy atom. The van der Waals surface area contributed by atoms with Crippen LogP contribution in [0.25, 0.3) is 0 Å². The van der Waals surface area contributed by atoms with Crippen molar-refractivity contribution in [2.24, 2.45) is 10.8 Å². The Hall–Kier alpha value is -0.790. The van der Waals surface area contributed by atoms with Gasteiger partial charge in [-0.1, -0.05) is 26.0 Å². The smallest absolute Gasteiger partial charge is 0.315 e. The number of methoxy groups -OCH3 is 1. The second-order valence-electron chi connectivity index (χ2n) is 4.73. The molecule has 0 saturated heterocycles. The van der Waals surface area contributed by atoms with Crippen molar-refractivity contribution < 1.29 is 9.53 Å². The molecule has 1 aliphatic carbocycles. The summed E-state index contributed by atoms with van der Waals surface area (Å²) in [5.74, 6) is -0.126. The second kappa shape index (κ2) is 3.17. The summed E-state index contributed by atoms with van der Waals surface area (Å²) in [5, 5.41) is 0. The highest BCUT2D eigenvalue weighted by Gasteiger charge is 2.36. The van der Waals surface area contributed by atoms with Gasteiger partial charge in [0.2, 0.25) is 0 Å². The maximum atomic E-state index is 11.4. The minimum Gasteiger partial charge on any atom is -0.468 e. The topological polar surface area (TPSA) is 26.3 Å². The molecule has 1 aliphatic rings. The number of hydrogen-bond donors (Lipinski definition) is 0. The number of hydrogen-bond acceptors (Lipinski definition) is 2. The first-order valence-electron chi connectivity index (χ1n) is 4.68. The van der Waals surface area contributed by atoms with E-state index in [0.29, 0.717) is 0 Å². The molecule has 0 aromatic carbocycles. The third kappa shape index (κ3) is 2.11. The zero-order chi connectivity index (χ0) is 10.1. The van der Waals surface area contributed by atoms with Crippen LogP contribution in [0.4, 0.5) is 0 Å². The summed E-state index contributed by atoms with van der Waals surface area (Å²) in [5.41, 5.74) is -0.169. The zero-order valence-corrected chi connectivity index (χ0v) is 8.89. The van der Waals surface area contributed by atoms with Crippen LogP contribution in [0.3, 0.4) is 0 Å². The lowest BCUT2D eigenvalue weighted by Gasteiger charge is -2.33. The first-order valence-corrected chi connectivity index (χ1v) is 4.68. The van der Waals surface area contributed by atoms with Gasteiger partial charge in [-0.05, 0) is 25.2 Å². The van der Waals surface area contributed by atoms with E-state index in [1.807, 2.05) is 13.0 Å². The predicted molar refractivity (Wildman–Crippen MR) is 52.3 cm³/mol. The summed E-state index contributed by atoms with van der Waals surface area (Å²) in [6.45, 7) is 6.30. The van der Waals surface area contributed by atoms with Gasteiger partial charge in [-0.3, -0.25) is 4.79 Å². The lowest BCUT2D eigenvalue weighted by Crippen LogP contribution is -2.32. The molecule has 1 unspecified atom stereocenters. The van der Waals surface area contributed by atoms with Crippen LogP contribution in [-0.4, -0.2) is 13.1 Å². The average molecular weight is 182 g/mol. The van der Waals surface area contributed by atoms with Gasteiger partial charge >= 0.3 is 5.97 Å². The van der Waals surface area contributed by atoms with Crippen molar-refractivity contribution >= 4 is 5.97 Å². The predicted octanol–water partition coefficient (Wildman–Crippen LogP) is 2.54. The number of rotatable bonds is 1. The highest BCUT2D eigenvalue weighted by Crippen LogP contribution is 2.39. The Labute approximate surface area is 80.0 Å². The van der Waals surface area contributed by atoms with Gasteiger partial charge in [-0.25, -0.2) is 0 Å². The van der Waals surface area contributed by atoms with Crippen molar-refractivity contribution in [1.29, 1.82) is 0 Å². The Morgan fingerprint density at radius 1 is 1.23 bits per heavy atom. The van der Waals surface area contributed by atoms with Crippen molar-refractivity contribution in [1.82, 2.24) is 0 Å². The van der Waals surface area contributed by atoms with E-state index in [0.717, 1.165) is 12.8 Å². The van der Waals surface area contributed by atoms with E-state index in [4.69, 9.17) is 4.74 Å². The van der Waals surface area contributed by atoms with E-state index in [1.165, 1.54) is 7.11 Å². The first-order chi connectivity index (χ1) is 5.90. The van der Waals surface area contributed by atoms with E-state index in [-0.39, 0.29) is 11.4 Å². The molecule has 0 radical (unpaired) electrons. The molecular weight excluding hydrogens is 164 g/mol. The Balaban J connectivity index is 2.81. The van der Waals surface area contributed by atoms with Gasteiger partial charge < -0.3 is 4.74 Å². The van der Waals surface area contributed by atoms with Gasteiger partial charge in [0.05, 0.1) is 12.5 Å². The van der Waals surface area contributed by atoms with Crippen LogP contribution in [-0.2, 0) is 9.53 Å². The molecule has 2 nitrogen and oxygen atoms in total. The average Bonchev–Trinajstić information content (AvgIpc) is 2.09. The van der Waals surface area contributed by atoms with Crippen molar-refractivity contribution in [3.05, 3.63) is 12.2 Å². The van der Waals surface area contributed by atoms with Gasteiger partial charge in [-0.2, -0.15) is 0 Å². The van der Waals surface area contributed by atoms with E-state index < -0.39 is 5.41 Å². The molecule has 0 aromatic heterocycles. The van der Waals surface area contributed by atoms with Gasteiger partial charge in [-0.15, -0.1) is 0 Å². The zero-order valence-electron chi connectivity index (χ0n) is 8.89. The third-order valence-corrected chi connectivity index (χ3v) is 2.84. The van der Waals surface area contributed by atoms with E-state index >= 15 is 0 Å². The summed E-state index contributed by atoms with van der Waals surface area (Å²) in [6, 6.07) is 0. The summed E-state index contributed by atoms with van der Waals surface area (Å²) in [7, 11) is 1.45. The first kappa shape index (κ1) is 10.3. The minimum atomic E-state index is -0.399. The number of esters is 1. The van der Waals surface area contributed by atoms with Gasteiger partial charge in [0, 0.05) is 0 Å². The molecule has 0 spiro atoms. The molecule has 0 fully saturated rings. The van der Waals surface area contributed by atoms with Crippen molar-refractivity contribution in [3.63, 3.8) is 0 Å². The molecule has 74 valence electrons. The molecule has 0 saturated carbocycles. The molecular formula is C11H18O2. The quantitative estimate of drug-likeness (QED) is 0.460. The fourth-order valence-corrected chi connectivity index (χ4v) is 1.56. The van der Waals surface area contributed by atoms with Crippen LogP contribution in [0.1, 0.15) is 33.6 Å². The van der Waals surface area contributed by atoms with Gasteiger partial charge in [0.15, 0.2) is 0 Å². The van der Waals surface area contributed by atoms with Crippen LogP contribution in [0, 0.1) is 10.8 Å². The van der Waals surface area contributed by atoms with Crippen LogP contribution in [0.15, 0.2) is 12.2 Å². The molecule has 0 bridgehead atoms. The molecule has 2 heteroatoms. The highest BCUT2D eigenvalue weighted by atomic mass is 16.5. The van der Waals surface area contributed by atoms with E-state index in [9.17, 15) is 4.79 Å². The van der Waals surface area contributed by atoms with Crippen molar-refractivity contribution in [2.75, 3.05) is 7.11 Å². The fourth-order valence-electron chi connectivity index (χ4n) is 1.56.